The summed E-state index contributed by atoms with van der Waals surface area (Å²) < 4.78 is 0. The van der Waals surface area contributed by atoms with Gasteiger partial charge in [0.2, 0.25) is 0 Å². The van der Waals surface area contributed by atoms with Crippen molar-refractivity contribution < 1.29 is 0 Å². The number of aliphatic imine (C=N–C) groups is 1. The lowest BCUT2D eigenvalue weighted by Gasteiger charge is -2.32. The number of piperidine rings is 1. The van der Waals surface area contributed by atoms with E-state index in [-0.39, 0.29) is 0 Å². The molecule has 0 amide bonds. The van der Waals surface area contributed by atoms with E-state index in [1.54, 1.807) is 0 Å². The molecule has 1 aliphatic heterocycles. The molecule has 2 fully saturated rings. The van der Waals surface area contributed by atoms with Crippen molar-refractivity contribution >= 4 is 5.96 Å². The van der Waals surface area contributed by atoms with Crippen LogP contribution in [-0.2, 0) is 6.54 Å². The number of benzene rings is 1. The highest BCUT2D eigenvalue weighted by Gasteiger charge is 2.22. The molecule has 0 unspecified atom stereocenters. The van der Waals surface area contributed by atoms with E-state index in [2.05, 4.69) is 51.7 Å². The molecule has 24 heavy (non-hydrogen) atoms. The lowest BCUT2D eigenvalue weighted by atomic mass is 9.96. The van der Waals surface area contributed by atoms with E-state index in [4.69, 9.17) is 0 Å². The summed E-state index contributed by atoms with van der Waals surface area (Å²) in [5.41, 5.74) is 2.77. The van der Waals surface area contributed by atoms with Gasteiger partial charge in [-0.05, 0) is 63.1 Å². The van der Waals surface area contributed by atoms with E-state index in [9.17, 15) is 0 Å². The quantitative estimate of drug-likeness (QED) is 0.623. The zero-order chi connectivity index (χ0) is 16.8. The predicted molar refractivity (Wildman–Crippen MR) is 101 cm³/mol. The first kappa shape index (κ1) is 17.3. The standard InChI is InChI=1S/C20H32N4/c1-16-3-5-19(6-4-16)15-24-11-9-18(10-12-24)14-23-20(21-2)22-13-17-7-8-17/h3-6,17-18H,7-15H2,1-2H3,(H2,21,22,23). The van der Waals surface area contributed by atoms with Gasteiger partial charge in [0.25, 0.3) is 0 Å². The summed E-state index contributed by atoms with van der Waals surface area (Å²) in [6.07, 6.45) is 5.31. The minimum absolute atomic E-state index is 0.763. The van der Waals surface area contributed by atoms with Crippen molar-refractivity contribution in [3.8, 4) is 0 Å². The van der Waals surface area contributed by atoms with Crippen LogP contribution in [0.1, 0.15) is 36.8 Å². The van der Waals surface area contributed by atoms with E-state index >= 15 is 0 Å². The second kappa shape index (κ2) is 8.52. The molecule has 0 spiro atoms. The number of rotatable bonds is 6. The summed E-state index contributed by atoms with van der Waals surface area (Å²) >= 11 is 0. The second-order valence-electron chi connectivity index (χ2n) is 7.48. The Balaban J connectivity index is 1.34. The first-order valence-electron chi connectivity index (χ1n) is 9.45. The number of nitrogens with one attached hydrogen (secondary N) is 2. The van der Waals surface area contributed by atoms with Crippen molar-refractivity contribution in [1.82, 2.24) is 15.5 Å². The summed E-state index contributed by atoms with van der Waals surface area (Å²) in [4.78, 5) is 6.92. The summed E-state index contributed by atoms with van der Waals surface area (Å²) in [5.74, 6) is 2.62. The van der Waals surface area contributed by atoms with Gasteiger partial charge < -0.3 is 10.6 Å². The third kappa shape index (κ3) is 5.52. The van der Waals surface area contributed by atoms with Gasteiger partial charge in [0.1, 0.15) is 0 Å². The molecular formula is C20H32N4. The summed E-state index contributed by atoms with van der Waals surface area (Å²) in [7, 11) is 1.87. The van der Waals surface area contributed by atoms with Crippen LogP contribution in [0.2, 0.25) is 0 Å². The van der Waals surface area contributed by atoms with Crippen LogP contribution in [0, 0.1) is 18.8 Å². The van der Waals surface area contributed by atoms with E-state index in [0.717, 1.165) is 37.4 Å². The maximum atomic E-state index is 4.33. The molecule has 0 aromatic heterocycles. The highest BCUT2D eigenvalue weighted by molar-refractivity contribution is 5.79. The van der Waals surface area contributed by atoms with Gasteiger partial charge >= 0.3 is 0 Å². The normalized spacial score (nSPS) is 20.2. The zero-order valence-corrected chi connectivity index (χ0v) is 15.2. The van der Waals surface area contributed by atoms with Gasteiger partial charge in [-0.3, -0.25) is 9.89 Å². The third-order valence-corrected chi connectivity index (χ3v) is 5.27. The molecule has 3 rings (SSSR count). The summed E-state index contributed by atoms with van der Waals surface area (Å²) in [6.45, 7) is 7.76. The Hall–Kier alpha value is -1.55. The number of hydrogen-bond acceptors (Lipinski definition) is 2. The first-order chi connectivity index (χ1) is 11.7. The molecule has 1 saturated carbocycles. The Bertz CT molecular complexity index is 525. The topological polar surface area (TPSA) is 39.7 Å². The van der Waals surface area contributed by atoms with Crippen molar-refractivity contribution in [2.75, 3.05) is 33.2 Å². The van der Waals surface area contributed by atoms with Crippen LogP contribution in [0.5, 0.6) is 0 Å². The lowest BCUT2D eigenvalue weighted by molar-refractivity contribution is 0.178. The molecule has 1 saturated heterocycles. The average molecular weight is 329 g/mol. The first-order valence-corrected chi connectivity index (χ1v) is 9.45. The molecule has 1 aromatic carbocycles. The predicted octanol–water partition coefficient (Wildman–Crippen LogP) is 2.78. The van der Waals surface area contributed by atoms with Gasteiger partial charge in [0.05, 0.1) is 0 Å². The van der Waals surface area contributed by atoms with E-state index in [0.29, 0.717) is 0 Å². The third-order valence-electron chi connectivity index (χ3n) is 5.27. The number of nitrogens with zero attached hydrogens (tertiary/aromatic N) is 2. The molecule has 132 valence electrons. The van der Waals surface area contributed by atoms with Crippen LogP contribution in [-0.4, -0.2) is 44.1 Å². The molecule has 2 N–H and O–H groups in total. The number of hydrogen-bond donors (Lipinski definition) is 2. The smallest absolute Gasteiger partial charge is 0.190 e. The summed E-state index contributed by atoms with van der Waals surface area (Å²) in [6, 6.07) is 8.95. The number of aryl methyl sites for hydroxylation is 1. The largest absolute Gasteiger partial charge is 0.356 e. The van der Waals surface area contributed by atoms with Crippen LogP contribution < -0.4 is 10.6 Å². The second-order valence-corrected chi connectivity index (χ2v) is 7.48. The Kier molecular flexibility index (Phi) is 6.13. The zero-order valence-electron chi connectivity index (χ0n) is 15.2. The van der Waals surface area contributed by atoms with E-state index < -0.39 is 0 Å². The minimum atomic E-state index is 0.763. The molecule has 1 aliphatic carbocycles. The number of guanidine groups is 1. The van der Waals surface area contributed by atoms with Crippen molar-refractivity contribution in [3.63, 3.8) is 0 Å². The maximum Gasteiger partial charge on any atom is 0.190 e. The summed E-state index contributed by atoms with van der Waals surface area (Å²) in [5, 5.41) is 6.96. The molecule has 4 nitrogen and oxygen atoms in total. The van der Waals surface area contributed by atoms with Crippen LogP contribution in [0.15, 0.2) is 29.3 Å². The Morgan fingerprint density at radius 3 is 2.12 bits per heavy atom. The SMILES string of the molecule is CN=C(NCC1CC1)NCC1CCN(Cc2ccc(C)cc2)CC1. The molecular weight excluding hydrogens is 296 g/mol. The van der Waals surface area contributed by atoms with Crippen LogP contribution in [0.4, 0.5) is 0 Å². The van der Waals surface area contributed by atoms with Gasteiger partial charge in [-0.15, -0.1) is 0 Å². The van der Waals surface area contributed by atoms with Gasteiger partial charge in [0, 0.05) is 26.7 Å². The van der Waals surface area contributed by atoms with Crippen molar-refractivity contribution in [2.45, 2.75) is 39.2 Å². The number of likely N-dealkylation sites (tertiary alicyclic amines) is 1. The lowest BCUT2D eigenvalue weighted by Crippen LogP contribution is -2.43. The van der Waals surface area contributed by atoms with Gasteiger partial charge in [0.15, 0.2) is 5.96 Å². The maximum absolute atomic E-state index is 4.33. The molecule has 4 heteroatoms. The Morgan fingerprint density at radius 2 is 1.58 bits per heavy atom. The van der Waals surface area contributed by atoms with Gasteiger partial charge in [-0.25, -0.2) is 0 Å². The Labute approximate surface area is 146 Å². The molecule has 2 aliphatic rings. The van der Waals surface area contributed by atoms with Crippen molar-refractivity contribution in [1.29, 1.82) is 0 Å². The van der Waals surface area contributed by atoms with E-state index in [1.165, 1.54) is 49.9 Å². The monoisotopic (exact) mass is 328 g/mol. The fourth-order valence-corrected chi connectivity index (χ4v) is 3.32. The van der Waals surface area contributed by atoms with Gasteiger partial charge in [-0.1, -0.05) is 29.8 Å². The van der Waals surface area contributed by atoms with Crippen molar-refractivity contribution in [3.05, 3.63) is 35.4 Å². The highest BCUT2D eigenvalue weighted by Crippen LogP contribution is 2.27. The fourth-order valence-electron chi connectivity index (χ4n) is 3.32. The van der Waals surface area contributed by atoms with Crippen molar-refractivity contribution in [2.24, 2.45) is 16.8 Å². The molecule has 1 aromatic rings. The molecule has 1 heterocycles. The van der Waals surface area contributed by atoms with E-state index in [1.807, 2.05) is 7.05 Å². The average Bonchev–Trinajstić information content (AvgIpc) is 3.43. The Morgan fingerprint density at radius 1 is 1.00 bits per heavy atom. The fraction of sp³-hybridized carbons (Fsp3) is 0.650. The molecule has 0 bridgehead atoms. The molecule has 0 atom stereocenters. The molecule has 0 radical (unpaired) electrons. The van der Waals surface area contributed by atoms with Crippen LogP contribution >= 0.6 is 0 Å². The van der Waals surface area contributed by atoms with Gasteiger partial charge in [-0.2, -0.15) is 0 Å². The van der Waals surface area contributed by atoms with Crippen LogP contribution in [0.25, 0.3) is 0 Å². The van der Waals surface area contributed by atoms with Crippen LogP contribution in [0.3, 0.4) is 0 Å². The minimum Gasteiger partial charge on any atom is -0.356 e. The highest BCUT2D eigenvalue weighted by atomic mass is 15.2.